The second-order valence-electron chi connectivity index (χ2n) is 26.3. The number of unbranched alkanes of at least 4 members (excludes halogenated alkanes) is 28. The van der Waals surface area contributed by atoms with Crippen molar-refractivity contribution in [3.05, 3.63) is 122 Å². The molecule has 102 heavy (non-hydrogen) atoms. The van der Waals surface area contributed by atoms with Gasteiger partial charge in [-0.05, 0) is 161 Å². The van der Waals surface area contributed by atoms with E-state index in [1.54, 1.807) is 0 Å². The fraction of sp³-hybridized carbons (Fsp3) is 0.711. The Labute approximate surface area is 619 Å². The molecule has 0 aromatic carbocycles. The lowest BCUT2D eigenvalue weighted by Crippen LogP contribution is -2.30. The van der Waals surface area contributed by atoms with Gasteiger partial charge < -0.3 is 33.8 Å². The summed E-state index contributed by atoms with van der Waals surface area (Å²) in [6.07, 6.45) is 81.8. The van der Waals surface area contributed by atoms with Crippen molar-refractivity contribution in [2.24, 2.45) is 0 Å². The first-order chi connectivity index (χ1) is 49.7. The molecule has 5 atom stereocenters. The van der Waals surface area contributed by atoms with Gasteiger partial charge in [0.05, 0.1) is 26.4 Å². The van der Waals surface area contributed by atoms with Crippen LogP contribution >= 0.6 is 15.6 Å². The fourth-order valence-electron chi connectivity index (χ4n) is 10.2. The topological polar surface area (TPSA) is 237 Å². The highest BCUT2D eigenvalue weighted by atomic mass is 31.2. The van der Waals surface area contributed by atoms with Crippen molar-refractivity contribution in [1.82, 2.24) is 0 Å². The monoisotopic (exact) mass is 1470 g/mol. The molecule has 0 aliphatic carbocycles. The van der Waals surface area contributed by atoms with Crippen LogP contribution in [-0.2, 0) is 65.4 Å². The van der Waals surface area contributed by atoms with Crippen molar-refractivity contribution < 1.29 is 80.2 Å². The highest BCUT2D eigenvalue weighted by Gasteiger charge is 2.30. The maximum absolute atomic E-state index is 13.1. The number of ether oxygens (including phenoxy) is 4. The van der Waals surface area contributed by atoms with Crippen LogP contribution in [0.25, 0.3) is 0 Å². The molecule has 0 fully saturated rings. The third-order valence-corrected chi connectivity index (χ3v) is 18.3. The number of hydrogen-bond acceptors (Lipinski definition) is 15. The van der Waals surface area contributed by atoms with Gasteiger partial charge in [0.15, 0.2) is 12.2 Å². The highest BCUT2D eigenvalue weighted by molar-refractivity contribution is 7.47. The molecule has 3 N–H and O–H groups in total. The summed E-state index contributed by atoms with van der Waals surface area (Å²) >= 11 is 0. The molecule has 0 heterocycles. The minimum absolute atomic E-state index is 0.0648. The zero-order valence-electron chi connectivity index (χ0n) is 64.0. The summed E-state index contributed by atoms with van der Waals surface area (Å²) < 4.78 is 68.5. The van der Waals surface area contributed by atoms with E-state index in [0.29, 0.717) is 32.1 Å². The van der Waals surface area contributed by atoms with Crippen LogP contribution in [0.4, 0.5) is 0 Å². The number of allylic oxidation sites excluding steroid dienone is 20. The number of carbonyl (C=O) groups excluding carboxylic acids is 4. The molecule has 17 nitrogen and oxygen atoms in total. The van der Waals surface area contributed by atoms with Gasteiger partial charge in [0.2, 0.25) is 0 Å². The minimum atomic E-state index is -5.00. The molecule has 0 aromatic heterocycles. The van der Waals surface area contributed by atoms with Crippen molar-refractivity contribution in [3.8, 4) is 0 Å². The van der Waals surface area contributed by atoms with Crippen LogP contribution in [0.2, 0.25) is 0 Å². The van der Waals surface area contributed by atoms with E-state index in [1.807, 2.05) is 12.2 Å². The molecule has 0 amide bonds. The Morgan fingerprint density at radius 1 is 0.275 bits per heavy atom. The van der Waals surface area contributed by atoms with Crippen molar-refractivity contribution in [2.75, 3.05) is 39.6 Å². The number of aliphatic hydroxyl groups is 1. The van der Waals surface area contributed by atoms with E-state index in [0.717, 1.165) is 161 Å². The predicted molar refractivity (Wildman–Crippen MR) is 418 cm³/mol. The van der Waals surface area contributed by atoms with Gasteiger partial charge in [-0.25, -0.2) is 9.13 Å². The molecule has 0 rings (SSSR count). The number of phosphoric ester groups is 2. The van der Waals surface area contributed by atoms with E-state index >= 15 is 0 Å². The quantitative estimate of drug-likeness (QED) is 0.0169. The van der Waals surface area contributed by atoms with Crippen molar-refractivity contribution in [1.29, 1.82) is 0 Å². The smallest absolute Gasteiger partial charge is 0.462 e. The number of hydrogen-bond donors (Lipinski definition) is 3. The maximum atomic E-state index is 13.1. The summed E-state index contributed by atoms with van der Waals surface area (Å²) in [6, 6.07) is 0. The summed E-state index contributed by atoms with van der Waals surface area (Å²) in [5, 5.41) is 10.6. The molecule has 0 saturated heterocycles. The molecule has 0 bridgehead atoms. The zero-order valence-corrected chi connectivity index (χ0v) is 65.8. The zero-order chi connectivity index (χ0) is 74.6. The van der Waals surface area contributed by atoms with E-state index in [-0.39, 0.29) is 25.7 Å². The van der Waals surface area contributed by atoms with Crippen molar-refractivity contribution >= 4 is 39.5 Å². The number of phosphoric acid groups is 2. The summed E-state index contributed by atoms with van der Waals surface area (Å²) in [5.74, 6) is -2.28. The highest BCUT2D eigenvalue weighted by Crippen LogP contribution is 2.45. The Morgan fingerprint density at radius 3 is 0.775 bits per heavy atom. The summed E-state index contributed by atoms with van der Waals surface area (Å²) in [4.78, 5) is 73.0. The molecular formula is C83H142O17P2. The second kappa shape index (κ2) is 74.7. The van der Waals surface area contributed by atoms with Gasteiger partial charge in [0.25, 0.3) is 0 Å². The third kappa shape index (κ3) is 73.8. The normalized spacial score (nSPS) is 14.5. The molecule has 3 unspecified atom stereocenters. The van der Waals surface area contributed by atoms with Crippen LogP contribution in [0.3, 0.4) is 0 Å². The summed E-state index contributed by atoms with van der Waals surface area (Å²) in [7, 11) is -9.98. The lowest BCUT2D eigenvalue weighted by molar-refractivity contribution is -0.161. The molecule has 0 radical (unpaired) electrons. The standard InChI is InChI=1S/C83H142O17P2/c1-5-9-13-17-21-25-29-33-37-38-42-44-48-52-56-60-64-68-81(86)94-74-79(100-83(88)70-66-62-58-54-50-46-41-36-32-28-24-20-16-12-8-4)76-98-102(91,92)96-72-77(84)71-95-101(89,90)97-75-78(99-82(87)69-65-61-57-53-49-45-40-35-31-27-23-19-15-11-7-3)73-93-80(85)67-63-59-55-51-47-43-39-34-30-26-22-18-14-10-6-2/h21-28,33-37,39-42,44,52,56,77-79,84H,5-20,29-32,38,43,45-51,53-55,57-76H2,1-4H3,(H,89,90)(H,91,92)/t77?,78-,79-/m1/s1. The molecule has 0 spiro atoms. The number of esters is 4. The molecule has 0 aromatic rings. The van der Waals surface area contributed by atoms with Crippen LogP contribution in [0.5, 0.6) is 0 Å². The molecule has 19 heteroatoms. The van der Waals surface area contributed by atoms with Crippen molar-refractivity contribution in [3.63, 3.8) is 0 Å². The largest absolute Gasteiger partial charge is 0.472 e. The Morgan fingerprint density at radius 2 is 0.490 bits per heavy atom. The van der Waals surface area contributed by atoms with E-state index in [1.165, 1.54) is 77.0 Å². The Hall–Kier alpha value is -4.54. The Bertz CT molecular complexity index is 2410. The average molecular weight is 1470 g/mol. The van der Waals surface area contributed by atoms with Crippen LogP contribution < -0.4 is 0 Å². The predicted octanol–water partition coefficient (Wildman–Crippen LogP) is 23.1. The first-order valence-corrected chi connectivity index (χ1v) is 42.8. The number of rotatable bonds is 74. The average Bonchev–Trinajstić information content (AvgIpc) is 0.923. The summed E-state index contributed by atoms with van der Waals surface area (Å²) in [6.45, 7) is 4.67. The van der Waals surface area contributed by atoms with Gasteiger partial charge in [-0.15, -0.1) is 0 Å². The van der Waals surface area contributed by atoms with Crippen LogP contribution in [-0.4, -0.2) is 96.7 Å². The SMILES string of the molecule is CCCCCC=CCC=CCC=CCC=CCCCC(=O)OC[C@H](COP(=O)(O)OCC(O)COP(=O)(O)OC[C@@H](COC(=O)CCCCCCCC=CCC=CCCCCC)OC(=O)CCCCCCCC=CCC=CCCCCC)OC(=O)CCCCCCCC=CCC=CCCCCC. The van der Waals surface area contributed by atoms with Crippen LogP contribution in [0, 0.1) is 0 Å². The van der Waals surface area contributed by atoms with Gasteiger partial charge in [0.1, 0.15) is 19.3 Å². The number of aliphatic hydroxyl groups excluding tert-OH is 1. The van der Waals surface area contributed by atoms with Gasteiger partial charge in [0, 0.05) is 25.7 Å². The number of carbonyl (C=O) groups is 4. The van der Waals surface area contributed by atoms with Crippen LogP contribution in [0.1, 0.15) is 323 Å². The third-order valence-electron chi connectivity index (χ3n) is 16.4. The van der Waals surface area contributed by atoms with E-state index in [2.05, 4.69) is 137 Å². The first kappa shape index (κ1) is 97.5. The molecule has 0 saturated carbocycles. The fourth-order valence-corrected chi connectivity index (χ4v) is 11.8. The summed E-state index contributed by atoms with van der Waals surface area (Å²) in [5.41, 5.74) is 0. The molecule has 0 aliphatic heterocycles. The van der Waals surface area contributed by atoms with E-state index < -0.39 is 97.5 Å². The lowest BCUT2D eigenvalue weighted by Gasteiger charge is -2.21. The minimum Gasteiger partial charge on any atom is -0.462 e. The Balaban J connectivity index is 5.44. The van der Waals surface area contributed by atoms with E-state index in [4.69, 9.17) is 37.0 Å². The van der Waals surface area contributed by atoms with Crippen LogP contribution in [0.15, 0.2) is 122 Å². The molecule has 0 aliphatic rings. The lowest BCUT2D eigenvalue weighted by atomic mass is 10.1. The maximum Gasteiger partial charge on any atom is 0.472 e. The second-order valence-corrected chi connectivity index (χ2v) is 29.2. The van der Waals surface area contributed by atoms with Gasteiger partial charge in [-0.3, -0.25) is 37.3 Å². The van der Waals surface area contributed by atoms with Crippen molar-refractivity contribution in [2.45, 2.75) is 341 Å². The first-order valence-electron chi connectivity index (χ1n) is 39.8. The van der Waals surface area contributed by atoms with Gasteiger partial charge in [-0.1, -0.05) is 258 Å². The van der Waals surface area contributed by atoms with E-state index in [9.17, 15) is 43.2 Å². The van der Waals surface area contributed by atoms with Gasteiger partial charge in [-0.2, -0.15) is 0 Å². The molecule has 586 valence electrons. The Kier molecular flexibility index (Phi) is 71.4. The molecular weight excluding hydrogens is 1330 g/mol. The van der Waals surface area contributed by atoms with Gasteiger partial charge >= 0.3 is 39.5 Å².